The highest BCUT2D eigenvalue weighted by Crippen LogP contribution is 2.42. The molecule has 0 amide bonds. The minimum atomic E-state index is -0.201. The molecule has 3 saturated heterocycles. The van der Waals surface area contributed by atoms with Crippen LogP contribution in [0.3, 0.4) is 0 Å². The normalized spacial score (nSPS) is 36.4. The first-order chi connectivity index (χ1) is 8.07. The van der Waals surface area contributed by atoms with E-state index >= 15 is 0 Å². The highest BCUT2D eigenvalue weighted by molar-refractivity contribution is 6.28. The van der Waals surface area contributed by atoms with Crippen molar-refractivity contribution in [1.82, 2.24) is 19.7 Å². The van der Waals surface area contributed by atoms with E-state index in [-0.39, 0.29) is 16.4 Å². The number of hydrogen-bond acceptors (Lipinski definition) is 3. The zero-order valence-corrected chi connectivity index (χ0v) is 10.7. The number of H-pyrrole nitrogens is 1. The first-order valence-electron chi connectivity index (χ1n) is 6.12. The van der Waals surface area contributed by atoms with Crippen LogP contribution in [0.4, 0.5) is 0 Å². The van der Waals surface area contributed by atoms with Crippen LogP contribution >= 0.6 is 11.6 Å². The molecule has 94 valence electrons. The van der Waals surface area contributed by atoms with Crippen LogP contribution in [0.2, 0.25) is 5.28 Å². The van der Waals surface area contributed by atoms with Gasteiger partial charge in [-0.3, -0.25) is 4.98 Å². The van der Waals surface area contributed by atoms with E-state index in [4.69, 9.17) is 11.6 Å². The van der Waals surface area contributed by atoms with Crippen molar-refractivity contribution in [3.63, 3.8) is 0 Å². The molecule has 0 spiro atoms. The third-order valence-corrected chi connectivity index (χ3v) is 4.49. The van der Waals surface area contributed by atoms with Gasteiger partial charge in [-0.25, -0.2) is 9.48 Å². The monoisotopic (exact) mass is 256 g/mol. The van der Waals surface area contributed by atoms with Crippen LogP contribution in [-0.4, -0.2) is 39.3 Å². The highest BCUT2D eigenvalue weighted by Gasteiger charge is 2.43. The lowest BCUT2D eigenvalue weighted by Crippen LogP contribution is -2.55. The van der Waals surface area contributed by atoms with Gasteiger partial charge in [-0.1, -0.05) is 6.92 Å². The minimum Gasteiger partial charge on any atom is -0.303 e. The van der Waals surface area contributed by atoms with Crippen LogP contribution < -0.4 is 5.69 Å². The second-order valence-corrected chi connectivity index (χ2v) is 5.94. The van der Waals surface area contributed by atoms with Crippen LogP contribution in [0.5, 0.6) is 0 Å². The summed E-state index contributed by atoms with van der Waals surface area (Å²) in [6.45, 7) is 6.40. The first kappa shape index (κ1) is 11.3. The molecular weight excluding hydrogens is 240 g/mol. The van der Waals surface area contributed by atoms with Crippen molar-refractivity contribution in [1.29, 1.82) is 0 Å². The van der Waals surface area contributed by atoms with Gasteiger partial charge in [-0.2, -0.15) is 0 Å². The quantitative estimate of drug-likeness (QED) is 0.858. The number of halogens is 1. The van der Waals surface area contributed by atoms with Gasteiger partial charge in [0, 0.05) is 12.0 Å². The zero-order valence-electron chi connectivity index (χ0n) is 9.95. The molecule has 3 aliphatic heterocycles. The lowest BCUT2D eigenvalue weighted by Gasteiger charge is -2.51. The lowest BCUT2D eigenvalue weighted by atomic mass is 9.68. The maximum Gasteiger partial charge on any atom is 0.344 e. The van der Waals surface area contributed by atoms with Crippen LogP contribution in [0, 0.1) is 11.3 Å². The second-order valence-electron chi connectivity index (χ2n) is 5.58. The van der Waals surface area contributed by atoms with Gasteiger partial charge < -0.3 is 4.90 Å². The number of aromatic nitrogens is 3. The Morgan fingerprint density at radius 2 is 2.24 bits per heavy atom. The third-order valence-electron chi connectivity index (χ3n) is 4.32. The average molecular weight is 257 g/mol. The Bertz CT molecular complexity index is 474. The summed E-state index contributed by atoms with van der Waals surface area (Å²) in [7, 11) is 0. The molecule has 4 heterocycles. The van der Waals surface area contributed by atoms with Gasteiger partial charge >= 0.3 is 5.69 Å². The fourth-order valence-corrected chi connectivity index (χ4v) is 3.56. The number of nitrogens with zero attached hydrogens (tertiary/aromatic N) is 3. The fraction of sp³-hybridized carbons (Fsp3) is 0.818. The van der Waals surface area contributed by atoms with Crippen LogP contribution in [0.15, 0.2) is 4.79 Å². The Morgan fingerprint density at radius 1 is 1.53 bits per heavy atom. The van der Waals surface area contributed by atoms with E-state index in [1.807, 2.05) is 0 Å². The largest absolute Gasteiger partial charge is 0.344 e. The van der Waals surface area contributed by atoms with Crippen LogP contribution in [0.25, 0.3) is 0 Å². The Morgan fingerprint density at radius 3 is 2.71 bits per heavy atom. The summed E-state index contributed by atoms with van der Waals surface area (Å²) >= 11 is 5.71. The van der Waals surface area contributed by atoms with E-state index in [9.17, 15) is 4.79 Å². The second kappa shape index (κ2) is 3.85. The first-order valence-corrected chi connectivity index (χ1v) is 6.50. The van der Waals surface area contributed by atoms with Crippen LogP contribution in [-0.2, 0) is 6.54 Å². The Kier molecular flexibility index (Phi) is 2.56. The maximum absolute atomic E-state index is 11.6. The molecule has 2 bridgehead atoms. The minimum absolute atomic E-state index is 0.152. The molecule has 0 aromatic carbocycles. The molecule has 5 nitrogen and oxygen atoms in total. The number of rotatable bonds is 2. The van der Waals surface area contributed by atoms with Gasteiger partial charge in [-0.15, -0.1) is 5.10 Å². The molecule has 3 fully saturated rings. The molecule has 17 heavy (non-hydrogen) atoms. The smallest absolute Gasteiger partial charge is 0.303 e. The molecule has 0 saturated carbocycles. The van der Waals surface area contributed by atoms with Crippen molar-refractivity contribution < 1.29 is 0 Å². The molecule has 1 unspecified atom stereocenters. The summed E-state index contributed by atoms with van der Waals surface area (Å²) in [6.07, 6.45) is 2.48. The summed E-state index contributed by atoms with van der Waals surface area (Å²) in [5, 5.41) is 4.21. The molecule has 6 heteroatoms. The Labute approximate surface area is 105 Å². The molecule has 3 aliphatic rings. The van der Waals surface area contributed by atoms with Gasteiger partial charge in [0.15, 0.2) is 0 Å². The van der Waals surface area contributed by atoms with E-state index in [1.54, 1.807) is 0 Å². The Balaban J connectivity index is 1.85. The van der Waals surface area contributed by atoms with Crippen molar-refractivity contribution in [3.8, 4) is 0 Å². The third kappa shape index (κ3) is 1.91. The number of nitrogens with one attached hydrogen (secondary N) is 1. The van der Waals surface area contributed by atoms with Gasteiger partial charge in [0.05, 0.1) is 6.54 Å². The molecule has 4 rings (SSSR count). The van der Waals surface area contributed by atoms with Crippen molar-refractivity contribution in [2.75, 3.05) is 19.6 Å². The van der Waals surface area contributed by atoms with Gasteiger partial charge in [0.1, 0.15) is 0 Å². The number of fused-ring (bicyclic) bond motifs is 3. The van der Waals surface area contributed by atoms with Crippen molar-refractivity contribution in [3.05, 3.63) is 15.8 Å². The molecule has 1 aromatic rings. The molecule has 1 atom stereocenters. The SMILES string of the molecule is CC1(Cn2nc(Cl)[nH]c2=O)CN2CCC1CC2. The number of hydrogen-bond donors (Lipinski definition) is 1. The summed E-state index contributed by atoms with van der Waals surface area (Å²) < 4.78 is 1.48. The Hall–Kier alpha value is -0.810. The van der Waals surface area contributed by atoms with Crippen molar-refractivity contribution in [2.24, 2.45) is 11.3 Å². The van der Waals surface area contributed by atoms with Gasteiger partial charge in [-0.05, 0) is 43.5 Å². The average Bonchev–Trinajstić information content (AvgIpc) is 2.58. The maximum atomic E-state index is 11.6. The van der Waals surface area contributed by atoms with E-state index in [0.717, 1.165) is 6.54 Å². The van der Waals surface area contributed by atoms with Crippen molar-refractivity contribution >= 4 is 11.6 Å². The predicted molar refractivity (Wildman–Crippen MR) is 65.1 cm³/mol. The van der Waals surface area contributed by atoms with Gasteiger partial charge in [0.2, 0.25) is 5.28 Å². The molecule has 0 aliphatic carbocycles. The summed E-state index contributed by atoms with van der Waals surface area (Å²) in [5.74, 6) is 0.704. The zero-order chi connectivity index (χ0) is 12.0. The van der Waals surface area contributed by atoms with E-state index in [2.05, 4.69) is 21.9 Å². The van der Waals surface area contributed by atoms with Gasteiger partial charge in [0.25, 0.3) is 0 Å². The molecule has 1 aromatic heterocycles. The van der Waals surface area contributed by atoms with Crippen molar-refractivity contribution in [2.45, 2.75) is 26.3 Å². The summed E-state index contributed by atoms with van der Waals surface area (Å²) in [4.78, 5) is 16.6. The standard InChI is InChI=1S/C11H17ClN4O/c1-11(6-15-4-2-8(11)3-5-15)7-16-10(17)13-9(12)14-16/h8H,2-7H2,1H3,(H,13,14,17). The lowest BCUT2D eigenvalue weighted by molar-refractivity contribution is -0.0300. The number of aromatic amines is 1. The highest BCUT2D eigenvalue weighted by atomic mass is 35.5. The molecule has 0 radical (unpaired) electrons. The topological polar surface area (TPSA) is 53.9 Å². The summed E-state index contributed by atoms with van der Waals surface area (Å²) in [5.41, 5.74) is -0.0496. The number of piperidine rings is 3. The van der Waals surface area contributed by atoms with Crippen LogP contribution in [0.1, 0.15) is 19.8 Å². The molecule has 1 N–H and O–H groups in total. The summed E-state index contributed by atoms with van der Waals surface area (Å²) in [6, 6.07) is 0. The van der Waals surface area contributed by atoms with E-state index < -0.39 is 0 Å². The van der Waals surface area contributed by atoms with E-state index in [1.165, 1.54) is 30.6 Å². The predicted octanol–water partition coefficient (Wildman–Crippen LogP) is 0.957. The molecular formula is C11H17ClN4O. The fourth-order valence-electron chi connectivity index (χ4n) is 3.39. The van der Waals surface area contributed by atoms with E-state index in [0.29, 0.717) is 12.5 Å².